The Labute approximate surface area is 144 Å². The molecular formula is C14H13BrN4OS2. The first kappa shape index (κ1) is 15.5. The molecule has 8 heteroatoms. The second-order valence-corrected chi connectivity index (χ2v) is 8.03. The number of benzene rings is 1. The number of hydrogen-bond donors (Lipinski definition) is 0. The van der Waals surface area contributed by atoms with E-state index in [2.05, 4.69) is 37.5 Å². The third-order valence-corrected chi connectivity index (χ3v) is 5.75. The lowest BCUT2D eigenvalue weighted by atomic mass is 10.2. The number of nitrogens with zero attached hydrogens (tertiary/aromatic N) is 4. The van der Waals surface area contributed by atoms with Crippen LogP contribution >= 0.6 is 39.0 Å². The smallest absolute Gasteiger partial charge is 0.214 e. The summed E-state index contributed by atoms with van der Waals surface area (Å²) in [6, 6.07) is 10.1. The molecule has 0 saturated carbocycles. The summed E-state index contributed by atoms with van der Waals surface area (Å²) in [5, 5.41) is 12.8. The highest BCUT2D eigenvalue weighted by Crippen LogP contribution is 2.31. The van der Waals surface area contributed by atoms with Gasteiger partial charge in [-0.25, -0.2) is 0 Å². The summed E-state index contributed by atoms with van der Waals surface area (Å²) in [5.74, 6) is 1.57. The minimum Gasteiger partial charge on any atom is -0.494 e. The minimum atomic E-state index is 0.744. The molecule has 0 spiro atoms. The first-order valence-corrected chi connectivity index (χ1v) is 9.07. The van der Waals surface area contributed by atoms with E-state index in [1.807, 2.05) is 31.2 Å². The van der Waals surface area contributed by atoms with Crippen LogP contribution in [0.25, 0.3) is 5.69 Å². The highest BCUT2D eigenvalue weighted by molar-refractivity contribution is 9.11. The van der Waals surface area contributed by atoms with E-state index in [4.69, 9.17) is 4.74 Å². The maximum Gasteiger partial charge on any atom is 0.214 e. The van der Waals surface area contributed by atoms with Crippen LogP contribution in [0.4, 0.5) is 0 Å². The van der Waals surface area contributed by atoms with Crippen LogP contribution in [0.2, 0.25) is 0 Å². The number of rotatable bonds is 5. The lowest BCUT2D eigenvalue weighted by Crippen LogP contribution is -2.02. The molecule has 0 aliphatic heterocycles. The van der Waals surface area contributed by atoms with Crippen molar-refractivity contribution in [3.05, 3.63) is 44.6 Å². The fraction of sp³-hybridized carbons (Fsp3) is 0.214. The SMILES string of the molecule is COc1ccc(C)cc1-n1nnnc1SCc1ccc(Br)s1. The maximum absolute atomic E-state index is 5.42. The summed E-state index contributed by atoms with van der Waals surface area (Å²) in [5.41, 5.74) is 1.98. The summed E-state index contributed by atoms with van der Waals surface area (Å²) < 4.78 is 8.26. The quantitative estimate of drug-likeness (QED) is 0.607. The van der Waals surface area contributed by atoms with Crippen molar-refractivity contribution in [2.24, 2.45) is 0 Å². The molecule has 114 valence electrons. The highest BCUT2D eigenvalue weighted by atomic mass is 79.9. The van der Waals surface area contributed by atoms with E-state index >= 15 is 0 Å². The predicted octanol–water partition coefficient (Wildman–Crippen LogP) is 4.10. The van der Waals surface area contributed by atoms with Crippen molar-refractivity contribution in [1.29, 1.82) is 0 Å². The molecule has 0 saturated heterocycles. The van der Waals surface area contributed by atoms with Crippen molar-refractivity contribution in [2.45, 2.75) is 17.8 Å². The van der Waals surface area contributed by atoms with Gasteiger partial charge in [-0.2, -0.15) is 4.68 Å². The molecule has 5 nitrogen and oxygen atoms in total. The Kier molecular flexibility index (Phi) is 4.80. The van der Waals surface area contributed by atoms with Gasteiger partial charge in [0.1, 0.15) is 11.4 Å². The van der Waals surface area contributed by atoms with Crippen LogP contribution in [0, 0.1) is 6.92 Å². The fourth-order valence-corrected chi connectivity index (χ4v) is 4.36. The van der Waals surface area contributed by atoms with Gasteiger partial charge in [0.2, 0.25) is 5.16 Å². The summed E-state index contributed by atoms with van der Waals surface area (Å²) in [4.78, 5) is 1.27. The van der Waals surface area contributed by atoms with E-state index in [0.29, 0.717) is 0 Å². The van der Waals surface area contributed by atoms with Gasteiger partial charge in [0.15, 0.2) is 0 Å². The standard InChI is InChI=1S/C14H13BrN4OS2/c1-9-3-5-12(20-2)11(7-9)19-14(16-17-18-19)21-8-10-4-6-13(15)22-10/h3-7H,8H2,1-2H3. The van der Waals surface area contributed by atoms with Crippen molar-refractivity contribution in [1.82, 2.24) is 20.2 Å². The molecule has 2 aromatic heterocycles. The Morgan fingerprint density at radius 3 is 2.91 bits per heavy atom. The average Bonchev–Trinajstić information content (AvgIpc) is 3.13. The molecule has 0 radical (unpaired) electrons. The van der Waals surface area contributed by atoms with Crippen LogP contribution < -0.4 is 4.74 Å². The Morgan fingerprint density at radius 2 is 2.18 bits per heavy atom. The Hall–Kier alpha value is -1.38. The second kappa shape index (κ2) is 6.80. The van der Waals surface area contributed by atoms with Gasteiger partial charge in [-0.1, -0.05) is 17.8 Å². The van der Waals surface area contributed by atoms with E-state index in [1.165, 1.54) is 4.88 Å². The number of tetrazole rings is 1. The fourth-order valence-electron chi connectivity index (χ4n) is 1.95. The van der Waals surface area contributed by atoms with Crippen molar-refractivity contribution in [2.75, 3.05) is 7.11 Å². The van der Waals surface area contributed by atoms with E-state index in [9.17, 15) is 0 Å². The number of thiophene rings is 1. The molecule has 3 aromatic rings. The van der Waals surface area contributed by atoms with Crippen LogP contribution in [0.5, 0.6) is 5.75 Å². The number of methoxy groups -OCH3 is 1. The monoisotopic (exact) mass is 396 g/mol. The number of aromatic nitrogens is 4. The molecule has 0 aliphatic rings. The molecule has 3 rings (SSSR count). The van der Waals surface area contributed by atoms with Crippen LogP contribution in [0.3, 0.4) is 0 Å². The number of halogens is 1. The molecule has 0 fully saturated rings. The second-order valence-electron chi connectivity index (χ2n) is 4.54. The summed E-state index contributed by atoms with van der Waals surface area (Å²) in [6.07, 6.45) is 0. The predicted molar refractivity (Wildman–Crippen MR) is 92.0 cm³/mol. The molecule has 2 heterocycles. The Morgan fingerprint density at radius 1 is 1.32 bits per heavy atom. The van der Waals surface area contributed by atoms with Crippen molar-refractivity contribution in [3.63, 3.8) is 0 Å². The summed E-state index contributed by atoms with van der Waals surface area (Å²) >= 11 is 6.79. The lowest BCUT2D eigenvalue weighted by molar-refractivity contribution is 0.410. The van der Waals surface area contributed by atoms with Gasteiger partial charge in [-0.05, 0) is 63.1 Å². The molecular weight excluding hydrogens is 384 g/mol. The maximum atomic E-state index is 5.42. The third kappa shape index (κ3) is 3.34. The van der Waals surface area contributed by atoms with Crippen molar-refractivity contribution < 1.29 is 4.74 Å². The summed E-state index contributed by atoms with van der Waals surface area (Å²) in [7, 11) is 1.65. The van der Waals surface area contributed by atoms with Gasteiger partial charge >= 0.3 is 0 Å². The Bertz CT molecular complexity index is 787. The normalized spacial score (nSPS) is 10.9. The van der Waals surface area contributed by atoms with Crippen molar-refractivity contribution >= 4 is 39.0 Å². The highest BCUT2D eigenvalue weighted by Gasteiger charge is 2.14. The Balaban J connectivity index is 1.87. The molecule has 0 aliphatic carbocycles. The zero-order valence-corrected chi connectivity index (χ0v) is 15.2. The zero-order chi connectivity index (χ0) is 15.5. The molecule has 0 amide bonds. The van der Waals surface area contributed by atoms with Crippen molar-refractivity contribution in [3.8, 4) is 11.4 Å². The number of hydrogen-bond acceptors (Lipinski definition) is 6. The molecule has 22 heavy (non-hydrogen) atoms. The molecule has 0 atom stereocenters. The number of ether oxygens (including phenoxy) is 1. The summed E-state index contributed by atoms with van der Waals surface area (Å²) in [6.45, 7) is 2.03. The molecule has 0 bridgehead atoms. The van der Waals surface area contributed by atoms with Crippen LogP contribution in [0.15, 0.2) is 39.3 Å². The lowest BCUT2D eigenvalue weighted by Gasteiger charge is -2.10. The van der Waals surface area contributed by atoms with Gasteiger partial charge in [0.05, 0.1) is 10.9 Å². The average molecular weight is 397 g/mol. The first-order chi connectivity index (χ1) is 10.7. The van der Waals surface area contributed by atoms with E-state index in [0.717, 1.165) is 31.7 Å². The number of aryl methyl sites for hydroxylation is 1. The zero-order valence-electron chi connectivity index (χ0n) is 12.0. The molecule has 0 N–H and O–H groups in total. The third-order valence-electron chi connectivity index (χ3n) is 2.98. The van der Waals surface area contributed by atoms with Gasteiger partial charge < -0.3 is 4.74 Å². The van der Waals surface area contributed by atoms with Gasteiger partial charge in [0.25, 0.3) is 0 Å². The molecule has 0 unspecified atom stereocenters. The number of thioether (sulfide) groups is 1. The van der Waals surface area contributed by atoms with Gasteiger partial charge in [-0.15, -0.1) is 16.4 Å². The van der Waals surface area contributed by atoms with E-state index in [1.54, 1.807) is 34.9 Å². The van der Waals surface area contributed by atoms with E-state index < -0.39 is 0 Å². The van der Waals surface area contributed by atoms with Gasteiger partial charge in [0, 0.05) is 10.6 Å². The topological polar surface area (TPSA) is 52.8 Å². The van der Waals surface area contributed by atoms with E-state index in [-0.39, 0.29) is 0 Å². The van der Waals surface area contributed by atoms with Gasteiger partial charge in [-0.3, -0.25) is 0 Å². The molecule has 1 aromatic carbocycles. The minimum absolute atomic E-state index is 0.744. The first-order valence-electron chi connectivity index (χ1n) is 6.48. The largest absolute Gasteiger partial charge is 0.494 e. The van der Waals surface area contributed by atoms with Crippen LogP contribution in [-0.4, -0.2) is 27.3 Å². The van der Waals surface area contributed by atoms with Crippen LogP contribution in [-0.2, 0) is 5.75 Å². The van der Waals surface area contributed by atoms with Crippen LogP contribution in [0.1, 0.15) is 10.4 Å².